The van der Waals surface area contributed by atoms with Gasteiger partial charge in [-0.05, 0) is 18.2 Å². The molecule has 16 heavy (non-hydrogen) atoms. The fraction of sp³-hybridized carbons (Fsp3) is 0.100. The van der Waals surface area contributed by atoms with E-state index in [0.29, 0.717) is 6.07 Å². The van der Waals surface area contributed by atoms with Crippen LogP contribution in [0.4, 0.5) is 17.6 Å². The van der Waals surface area contributed by atoms with E-state index in [4.69, 9.17) is 0 Å². The Bertz CT molecular complexity index is 600. The molecule has 0 saturated carbocycles. The molecule has 0 atom stereocenters. The first-order valence-corrected chi connectivity index (χ1v) is 4.28. The molecule has 0 radical (unpaired) electrons. The number of hydrogen-bond donors (Lipinski definition) is 1. The van der Waals surface area contributed by atoms with Crippen LogP contribution in [0.5, 0.6) is 0 Å². The fourth-order valence-corrected chi connectivity index (χ4v) is 1.46. The topological polar surface area (TPSA) is 32.9 Å². The Morgan fingerprint density at radius 1 is 1.12 bits per heavy atom. The van der Waals surface area contributed by atoms with Gasteiger partial charge in [0, 0.05) is 17.0 Å². The third-order valence-electron chi connectivity index (χ3n) is 2.11. The molecule has 0 aliphatic carbocycles. The molecule has 0 spiro atoms. The Labute approximate surface area is 86.5 Å². The van der Waals surface area contributed by atoms with Crippen molar-refractivity contribution in [2.24, 2.45) is 0 Å². The zero-order chi connectivity index (χ0) is 11.9. The third-order valence-corrected chi connectivity index (χ3v) is 2.11. The second-order valence-electron chi connectivity index (χ2n) is 3.23. The van der Waals surface area contributed by atoms with E-state index in [-0.39, 0.29) is 10.9 Å². The molecule has 0 saturated heterocycles. The first kappa shape index (κ1) is 10.7. The summed E-state index contributed by atoms with van der Waals surface area (Å²) in [6.45, 7) is 0. The second-order valence-corrected chi connectivity index (χ2v) is 3.23. The van der Waals surface area contributed by atoms with E-state index < -0.39 is 23.1 Å². The van der Waals surface area contributed by atoms with Gasteiger partial charge in [0.2, 0.25) is 5.56 Å². The van der Waals surface area contributed by atoms with Crippen molar-refractivity contribution >= 4 is 10.9 Å². The van der Waals surface area contributed by atoms with Gasteiger partial charge in [0.05, 0.1) is 5.56 Å². The lowest BCUT2D eigenvalue weighted by Gasteiger charge is -2.09. The summed E-state index contributed by atoms with van der Waals surface area (Å²) in [7, 11) is 0. The van der Waals surface area contributed by atoms with Gasteiger partial charge >= 0.3 is 6.18 Å². The second kappa shape index (κ2) is 3.33. The van der Waals surface area contributed by atoms with Crippen molar-refractivity contribution in [2.75, 3.05) is 0 Å². The molecule has 2 aromatic rings. The molecular formula is C10H5F4NO. The number of alkyl halides is 3. The number of nitrogens with one attached hydrogen (secondary N) is 1. The van der Waals surface area contributed by atoms with Crippen molar-refractivity contribution < 1.29 is 17.6 Å². The molecule has 6 heteroatoms. The summed E-state index contributed by atoms with van der Waals surface area (Å²) < 4.78 is 50.5. The molecule has 0 bridgehead atoms. The summed E-state index contributed by atoms with van der Waals surface area (Å²) in [5.41, 5.74) is -2.04. The standard InChI is InChI=1S/C10H5F4NO/c11-5-1-2-8-6(3-5)7(10(12,13)14)4-9(16)15-8/h1-4H,(H,15,16). The molecule has 1 aromatic heterocycles. The molecule has 0 amide bonds. The van der Waals surface area contributed by atoms with E-state index in [1.165, 1.54) is 0 Å². The van der Waals surface area contributed by atoms with Crippen molar-refractivity contribution in [2.45, 2.75) is 6.18 Å². The summed E-state index contributed by atoms with van der Waals surface area (Å²) in [6.07, 6.45) is -4.68. The third kappa shape index (κ3) is 1.78. The van der Waals surface area contributed by atoms with Gasteiger partial charge in [-0.1, -0.05) is 0 Å². The number of hydrogen-bond acceptors (Lipinski definition) is 1. The minimum absolute atomic E-state index is 0.0405. The number of H-pyrrole nitrogens is 1. The molecular weight excluding hydrogens is 226 g/mol. The van der Waals surface area contributed by atoms with Gasteiger partial charge in [0.15, 0.2) is 0 Å². The van der Waals surface area contributed by atoms with Gasteiger partial charge in [-0.25, -0.2) is 4.39 Å². The summed E-state index contributed by atoms with van der Waals surface area (Å²) in [4.78, 5) is 13.2. The van der Waals surface area contributed by atoms with Crippen LogP contribution >= 0.6 is 0 Å². The normalized spacial score (nSPS) is 12.0. The van der Waals surface area contributed by atoms with Crippen LogP contribution in [0.25, 0.3) is 10.9 Å². The van der Waals surface area contributed by atoms with Crippen LogP contribution in [0.2, 0.25) is 0 Å². The van der Waals surface area contributed by atoms with E-state index >= 15 is 0 Å². The molecule has 0 aliphatic heterocycles. The van der Waals surface area contributed by atoms with E-state index in [9.17, 15) is 22.4 Å². The minimum atomic E-state index is -4.68. The lowest BCUT2D eigenvalue weighted by Crippen LogP contribution is -2.13. The predicted octanol–water partition coefficient (Wildman–Crippen LogP) is 2.69. The van der Waals surface area contributed by atoms with Gasteiger partial charge in [0.1, 0.15) is 5.82 Å². The molecule has 1 N–H and O–H groups in total. The van der Waals surface area contributed by atoms with E-state index in [1.54, 1.807) is 0 Å². The number of aromatic amines is 1. The predicted molar refractivity (Wildman–Crippen MR) is 49.5 cm³/mol. The van der Waals surface area contributed by atoms with Crippen molar-refractivity contribution in [3.63, 3.8) is 0 Å². The van der Waals surface area contributed by atoms with Gasteiger partial charge in [0.25, 0.3) is 0 Å². The maximum absolute atomic E-state index is 12.8. The Hall–Kier alpha value is -1.85. The average Bonchev–Trinajstić information content (AvgIpc) is 2.16. The van der Waals surface area contributed by atoms with Crippen molar-refractivity contribution in [1.82, 2.24) is 4.98 Å². The molecule has 84 valence electrons. The highest BCUT2D eigenvalue weighted by molar-refractivity contribution is 5.82. The monoisotopic (exact) mass is 231 g/mol. The van der Waals surface area contributed by atoms with Gasteiger partial charge in [-0.15, -0.1) is 0 Å². The maximum Gasteiger partial charge on any atom is 0.417 e. The molecule has 2 nitrogen and oxygen atoms in total. The number of rotatable bonds is 0. The highest BCUT2D eigenvalue weighted by Gasteiger charge is 2.33. The first-order chi connectivity index (χ1) is 7.38. The zero-order valence-corrected chi connectivity index (χ0v) is 7.73. The summed E-state index contributed by atoms with van der Waals surface area (Å²) in [5.74, 6) is -0.787. The first-order valence-electron chi connectivity index (χ1n) is 4.28. The van der Waals surface area contributed by atoms with Gasteiger partial charge in [-0.3, -0.25) is 4.79 Å². The minimum Gasteiger partial charge on any atom is -0.322 e. The maximum atomic E-state index is 12.8. The summed E-state index contributed by atoms with van der Waals surface area (Å²) in [5, 5.41) is -0.355. The van der Waals surface area contributed by atoms with E-state index in [2.05, 4.69) is 4.98 Å². The number of aromatic nitrogens is 1. The smallest absolute Gasteiger partial charge is 0.322 e. The van der Waals surface area contributed by atoms with E-state index in [0.717, 1.165) is 18.2 Å². The molecule has 1 aromatic carbocycles. The largest absolute Gasteiger partial charge is 0.417 e. The SMILES string of the molecule is O=c1cc(C(F)(F)F)c2cc(F)ccc2[nH]1. The number of pyridine rings is 1. The molecule has 0 fully saturated rings. The number of benzene rings is 1. The Balaban J connectivity index is 2.91. The Morgan fingerprint density at radius 2 is 1.81 bits per heavy atom. The molecule has 2 rings (SSSR count). The van der Waals surface area contributed by atoms with Gasteiger partial charge in [-0.2, -0.15) is 13.2 Å². The summed E-state index contributed by atoms with van der Waals surface area (Å²) in [6, 6.07) is 3.25. The van der Waals surface area contributed by atoms with Crippen LogP contribution in [0, 0.1) is 5.82 Å². The van der Waals surface area contributed by atoms with Crippen molar-refractivity contribution in [3.05, 3.63) is 46.0 Å². The number of halogens is 4. The Morgan fingerprint density at radius 3 is 2.44 bits per heavy atom. The average molecular weight is 231 g/mol. The van der Waals surface area contributed by atoms with Crippen LogP contribution in [0.15, 0.2) is 29.1 Å². The number of fused-ring (bicyclic) bond motifs is 1. The molecule has 0 unspecified atom stereocenters. The lowest BCUT2D eigenvalue weighted by atomic mass is 10.1. The highest BCUT2D eigenvalue weighted by Crippen LogP contribution is 2.33. The van der Waals surface area contributed by atoms with Crippen molar-refractivity contribution in [1.29, 1.82) is 0 Å². The highest BCUT2D eigenvalue weighted by atomic mass is 19.4. The van der Waals surface area contributed by atoms with Crippen LogP contribution < -0.4 is 5.56 Å². The lowest BCUT2D eigenvalue weighted by molar-refractivity contribution is -0.136. The van der Waals surface area contributed by atoms with E-state index in [1.807, 2.05) is 0 Å². The molecule has 0 aliphatic rings. The van der Waals surface area contributed by atoms with Crippen LogP contribution in [-0.4, -0.2) is 4.98 Å². The van der Waals surface area contributed by atoms with Gasteiger partial charge < -0.3 is 4.98 Å². The quantitative estimate of drug-likeness (QED) is 0.694. The van der Waals surface area contributed by atoms with Crippen LogP contribution in [0.3, 0.4) is 0 Å². The fourth-order valence-electron chi connectivity index (χ4n) is 1.46. The van der Waals surface area contributed by atoms with Crippen LogP contribution in [0.1, 0.15) is 5.56 Å². The molecule has 1 heterocycles. The Kier molecular flexibility index (Phi) is 2.22. The zero-order valence-electron chi connectivity index (χ0n) is 7.73. The van der Waals surface area contributed by atoms with Crippen LogP contribution in [-0.2, 0) is 6.18 Å². The summed E-state index contributed by atoms with van der Waals surface area (Å²) >= 11 is 0. The van der Waals surface area contributed by atoms with Crippen molar-refractivity contribution in [3.8, 4) is 0 Å².